The molecule has 0 heterocycles. The van der Waals surface area contributed by atoms with Crippen LogP contribution in [0.5, 0.6) is 11.5 Å². The van der Waals surface area contributed by atoms with E-state index in [1.165, 1.54) is 24.1 Å². The van der Waals surface area contributed by atoms with Gasteiger partial charge >= 0.3 is 12.6 Å². The first-order valence-electron chi connectivity index (χ1n) is 5.95. The van der Waals surface area contributed by atoms with Gasteiger partial charge in [-0.05, 0) is 17.7 Å². The molecule has 0 spiro atoms. The van der Waals surface area contributed by atoms with Gasteiger partial charge in [-0.3, -0.25) is 9.69 Å². The van der Waals surface area contributed by atoms with Crippen LogP contribution in [0.25, 0.3) is 0 Å². The number of rotatable bonds is 8. The van der Waals surface area contributed by atoms with E-state index in [4.69, 9.17) is 16.3 Å². The predicted octanol–water partition coefficient (Wildman–Crippen LogP) is 1.82. The number of terminal acetylenes is 1. The molecule has 0 radical (unpaired) electrons. The number of carboxylic acid groups (broad SMARTS) is 1. The molecule has 1 aromatic rings. The van der Waals surface area contributed by atoms with Crippen molar-refractivity contribution in [2.24, 2.45) is 0 Å². The third-order valence-corrected chi connectivity index (χ3v) is 2.52. The normalized spacial score (nSPS) is 10.5. The van der Waals surface area contributed by atoms with E-state index < -0.39 is 12.6 Å². The first-order chi connectivity index (χ1) is 9.96. The minimum atomic E-state index is -2.98. The van der Waals surface area contributed by atoms with E-state index >= 15 is 0 Å². The number of aliphatic carboxylic acids is 1. The first-order valence-corrected chi connectivity index (χ1v) is 5.95. The fourth-order valence-corrected chi connectivity index (χ4v) is 1.75. The maximum Gasteiger partial charge on any atom is 0.387 e. The van der Waals surface area contributed by atoms with Gasteiger partial charge in [-0.1, -0.05) is 12.0 Å². The molecule has 0 atom stereocenters. The number of hydrogen-bond donors (Lipinski definition) is 1. The molecule has 0 amide bonds. The summed E-state index contributed by atoms with van der Waals surface area (Å²) in [6.45, 7) is -2.90. The van der Waals surface area contributed by atoms with Crippen molar-refractivity contribution in [2.75, 3.05) is 20.2 Å². The number of carbonyl (C=O) groups is 1. The summed E-state index contributed by atoms with van der Waals surface area (Å²) in [5.41, 5.74) is 0.586. The molecule has 0 aliphatic heterocycles. The molecule has 0 aliphatic rings. The maximum absolute atomic E-state index is 12.3. The molecule has 0 fully saturated rings. The second-order valence-corrected chi connectivity index (χ2v) is 4.11. The molecule has 5 nitrogen and oxygen atoms in total. The quantitative estimate of drug-likeness (QED) is 0.742. The number of halogens is 2. The van der Waals surface area contributed by atoms with Gasteiger partial charge in [0.2, 0.25) is 0 Å². The van der Waals surface area contributed by atoms with Gasteiger partial charge in [-0.15, -0.1) is 6.42 Å². The van der Waals surface area contributed by atoms with Crippen LogP contribution in [0.4, 0.5) is 8.78 Å². The van der Waals surface area contributed by atoms with Crippen molar-refractivity contribution in [3.63, 3.8) is 0 Å². The average Bonchev–Trinajstić information content (AvgIpc) is 2.38. The zero-order valence-electron chi connectivity index (χ0n) is 11.4. The van der Waals surface area contributed by atoms with Crippen LogP contribution in [0.3, 0.4) is 0 Å². The molecule has 0 saturated heterocycles. The first kappa shape index (κ1) is 16.7. The Morgan fingerprint density at radius 2 is 2.19 bits per heavy atom. The zero-order valence-corrected chi connectivity index (χ0v) is 11.4. The summed E-state index contributed by atoms with van der Waals surface area (Å²) >= 11 is 0. The van der Waals surface area contributed by atoms with Gasteiger partial charge in [-0.2, -0.15) is 8.78 Å². The van der Waals surface area contributed by atoms with Crippen LogP contribution in [-0.2, 0) is 11.3 Å². The van der Waals surface area contributed by atoms with Gasteiger partial charge in [0.25, 0.3) is 0 Å². The summed E-state index contributed by atoms with van der Waals surface area (Å²) in [5, 5.41) is 8.79. The fraction of sp³-hybridized carbons (Fsp3) is 0.357. The molecule has 7 heteroatoms. The Morgan fingerprint density at radius 1 is 1.48 bits per heavy atom. The second-order valence-electron chi connectivity index (χ2n) is 4.11. The summed E-state index contributed by atoms with van der Waals surface area (Å²) in [6, 6.07) is 4.47. The van der Waals surface area contributed by atoms with Crippen LogP contribution in [0, 0.1) is 12.3 Å². The van der Waals surface area contributed by atoms with Gasteiger partial charge in [-0.25, -0.2) is 0 Å². The number of carboxylic acids is 1. The van der Waals surface area contributed by atoms with Crippen molar-refractivity contribution in [1.82, 2.24) is 4.90 Å². The summed E-state index contributed by atoms with van der Waals surface area (Å²) in [5.74, 6) is 1.38. The fourth-order valence-electron chi connectivity index (χ4n) is 1.75. The number of benzene rings is 1. The van der Waals surface area contributed by atoms with Gasteiger partial charge < -0.3 is 14.6 Å². The highest BCUT2D eigenvalue weighted by Gasteiger charge is 2.14. The van der Waals surface area contributed by atoms with Crippen molar-refractivity contribution in [1.29, 1.82) is 0 Å². The number of methoxy groups -OCH3 is 1. The number of ether oxygens (including phenoxy) is 2. The Kier molecular flexibility index (Phi) is 6.43. The molecule has 21 heavy (non-hydrogen) atoms. The monoisotopic (exact) mass is 299 g/mol. The Morgan fingerprint density at radius 3 is 2.71 bits per heavy atom. The molecular weight excluding hydrogens is 284 g/mol. The molecule has 1 N–H and O–H groups in total. The molecule has 1 rings (SSSR count). The van der Waals surface area contributed by atoms with Gasteiger partial charge in [0.05, 0.1) is 20.2 Å². The SMILES string of the molecule is C#CCN(CC(=O)O)Cc1ccc(OC)c(OC(F)F)c1. The maximum atomic E-state index is 12.3. The summed E-state index contributed by atoms with van der Waals surface area (Å²) in [7, 11) is 1.34. The van der Waals surface area contributed by atoms with Crippen molar-refractivity contribution < 1.29 is 28.2 Å². The van der Waals surface area contributed by atoms with Crippen LogP contribution < -0.4 is 9.47 Å². The molecule has 114 valence electrons. The summed E-state index contributed by atoms with van der Waals surface area (Å²) < 4.78 is 33.9. The lowest BCUT2D eigenvalue weighted by Gasteiger charge is -2.18. The highest BCUT2D eigenvalue weighted by molar-refractivity contribution is 5.69. The third kappa shape index (κ3) is 5.67. The molecule has 0 saturated carbocycles. The molecule has 0 unspecified atom stereocenters. The standard InChI is InChI=1S/C14H15F2NO4/c1-3-6-17(9-13(18)19)8-10-4-5-11(20-2)12(7-10)21-14(15)16/h1,4-5,7,14H,6,8-9H2,2H3,(H,18,19). The van der Waals surface area contributed by atoms with Crippen LogP contribution in [-0.4, -0.2) is 42.8 Å². The van der Waals surface area contributed by atoms with E-state index in [2.05, 4.69) is 10.7 Å². The van der Waals surface area contributed by atoms with Crippen molar-refractivity contribution >= 4 is 5.97 Å². The molecule has 1 aromatic carbocycles. The zero-order chi connectivity index (χ0) is 15.8. The second kappa shape index (κ2) is 8.07. The lowest BCUT2D eigenvalue weighted by atomic mass is 10.2. The average molecular weight is 299 g/mol. The van der Waals surface area contributed by atoms with E-state index in [0.29, 0.717) is 5.56 Å². The van der Waals surface area contributed by atoms with Crippen molar-refractivity contribution in [3.8, 4) is 23.8 Å². The molecule has 0 aromatic heterocycles. The third-order valence-electron chi connectivity index (χ3n) is 2.52. The molecular formula is C14H15F2NO4. The number of hydrogen-bond acceptors (Lipinski definition) is 4. The predicted molar refractivity (Wildman–Crippen MR) is 71.4 cm³/mol. The lowest BCUT2D eigenvalue weighted by Crippen LogP contribution is -2.29. The topological polar surface area (TPSA) is 59.0 Å². The van der Waals surface area contributed by atoms with Crippen LogP contribution >= 0.6 is 0 Å². The summed E-state index contributed by atoms with van der Waals surface area (Å²) in [6.07, 6.45) is 5.17. The highest BCUT2D eigenvalue weighted by atomic mass is 19.3. The van der Waals surface area contributed by atoms with E-state index in [1.807, 2.05) is 0 Å². The van der Waals surface area contributed by atoms with Crippen LogP contribution in [0.2, 0.25) is 0 Å². The number of nitrogens with zero attached hydrogens (tertiary/aromatic N) is 1. The van der Waals surface area contributed by atoms with E-state index in [1.54, 1.807) is 6.07 Å². The minimum absolute atomic E-state index is 0.110. The van der Waals surface area contributed by atoms with E-state index in [-0.39, 0.29) is 31.1 Å². The Bertz CT molecular complexity index is 528. The largest absolute Gasteiger partial charge is 0.493 e. The van der Waals surface area contributed by atoms with Crippen molar-refractivity contribution in [3.05, 3.63) is 23.8 Å². The van der Waals surface area contributed by atoms with Crippen molar-refractivity contribution in [2.45, 2.75) is 13.2 Å². The Labute approximate surface area is 121 Å². The lowest BCUT2D eigenvalue weighted by molar-refractivity contribution is -0.138. The van der Waals surface area contributed by atoms with Crippen LogP contribution in [0.15, 0.2) is 18.2 Å². The molecule has 0 aliphatic carbocycles. The Balaban J connectivity index is 2.91. The smallest absolute Gasteiger partial charge is 0.387 e. The van der Waals surface area contributed by atoms with E-state index in [9.17, 15) is 13.6 Å². The van der Waals surface area contributed by atoms with Gasteiger partial charge in [0.1, 0.15) is 0 Å². The minimum Gasteiger partial charge on any atom is -0.493 e. The molecule has 0 bridgehead atoms. The summed E-state index contributed by atoms with van der Waals surface area (Å²) in [4.78, 5) is 12.2. The van der Waals surface area contributed by atoms with E-state index in [0.717, 1.165) is 0 Å². The van der Waals surface area contributed by atoms with Gasteiger partial charge in [0.15, 0.2) is 11.5 Å². The highest BCUT2D eigenvalue weighted by Crippen LogP contribution is 2.29. The Hall–Kier alpha value is -2.33. The van der Waals surface area contributed by atoms with Crippen LogP contribution in [0.1, 0.15) is 5.56 Å². The van der Waals surface area contributed by atoms with Gasteiger partial charge in [0, 0.05) is 6.54 Å². The number of alkyl halides is 2.